The van der Waals surface area contributed by atoms with Gasteiger partial charge in [-0.25, -0.2) is 9.07 Å². The highest BCUT2D eigenvalue weighted by atomic mass is 19.1. The number of rotatable bonds is 5. The minimum Gasteiger partial charge on any atom is -0.467 e. The zero-order valence-corrected chi connectivity index (χ0v) is 13.5. The van der Waals surface area contributed by atoms with Gasteiger partial charge in [-0.3, -0.25) is 9.59 Å². The Hall–Kier alpha value is -3.22. The van der Waals surface area contributed by atoms with Crippen LogP contribution in [0.15, 0.2) is 64.0 Å². The molecule has 1 unspecified atom stereocenters. The van der Waals surface area contributed by atoms with E-state index in [9.17, 15) is 14.0 Å². The van der Waals surface area contributed by atoms with E-state index in [1.54, 1.807) is 37.3 Å². The summed E-state index contributed by atoms with van der Waals surface area (Å²) in [6.07, 6.45) is 1.52. The van der Waals surface area contributed by atoms with Gasteiger partial charge in [0.25, 0.3) is 5.56 Å². The van der Waals surface area contributed by atoms with Crippen LogP contribution < -0.4 is 10.9 Å². The molecule has 1 atom stereocenters. The number of carbonyl (C=O) groups excluding carboxylic acids is 1. The van der Waals surface area contributed by atoms with Crippen molar-refractivity contribution in [2.45, 2.75) is 19.5 Å². The predicted octanol–water partition coefficient (Wildman–Crippen LogP) is 2.52. The molecule has 1 amide bonds. The van der Waals surface area contributed by atoms with Crippen LogP contribution in [0.2, 0.25) is 0 Å². The monoisotopic (exact) mass is 341 g/mol. The fourth-order valence-corrected chi connectivity index (χ4v) is 2.32. The Balaban J connectivity index is 1.80. The average Bonchev–Trinajstić information content (AvgIpc) is 3.14. The molecule has 1 N–H and O–H groups in total. The molecule has 0 saturated carbocycles. The number of furan rings is 1. The molecule has 128 valence electrons. The molecular formula is C18H16FN3O3. The summed E-state index contributed by atoms with van der Waals surface area (Å²) in [5.41, 5.74) is 0.732. The van der Waals surface area contributed by atoms with E-state index in [4.69, 9.17) is 4.42 Å². The van der Waals surface area contributed by atoms with Crippen molar-refractivity contribution in [1.82, 2.24) is 15.1 Å². The molecule has 1 aromatic carbocycles. The lowest BCUT2D eigenvalue weighted by Gasteiger charge is -2.14. The molecule has 0 fully saturated rings. The van der Waals surface area contributed by atoms with Crippen LogP contribution in [0.4, 0.5) is 4.39 Å². The van der Waals surface area contributed by atoms with Crippen molar-refractivity contribution < 1.29 is 13.6 Å². The molecule has 25 heavy (non-hydrogen) atoms. The normalized spacial score (nSPS) is 11.9. The Kier molecular flexibility index (Phi) is 4.74. The van der Waals surface area contributed by atoms with Gasteiger partial charge in [0.05, 0.1) is 18.5 Å². The SMILES string of the molecule is CC(C(=O)NCc1ccco1)n1nc(-c2ccc(F)cc2)ccc1=O. The summed E-state index contributed by atoms with van der Waals surface area (Å²) in [7, 11) is 0. The molecule has 0 aliphatic carbocycles. The number of amides is 1. The topological polar surface area (TPSA) is 77.1 Å². The molecule has 2 heterocycles. The van der Waals surface area contributed by atoms with E-state index in [-0.39, 0.29) is 18.3 Å². The van der Waals surface area contributed by atoms with Gasteiger partial charge in [-0.05, 0) is 49.4 Å². The Morgan fingerprint density at radius 3 is 2.68 bits per heavy atom. The van der Waals surface area contributed by atoms with Crippen molar-refractivity contribution in [3.8, 4) is 11.3 Å². The summed E-state index contributed by atoms with van der Waals surface area (Å²) < 4.78 is 19.3. The summed E-state index contributed by atoms with van der Waals surface area (Å²) in [5.74, 6) is -0.106. The Morgan fingerprint density at radius 1 is 1.24 bits per heavy atom. The second-order valence-electron chi connectivity index (χ2n) is 5.48. The largest absolute Gasteiger partial charge is 0.467 e. The van der Waals surface area contributed by atoms with Gasteiger partial charge in [-0.2, -0.15) is 5.10 Å². The van der Waals surface area contributed by atoms with E-state index in [1.807, 2.05) is 0 Å². The quantitative estimate of drug-likeness (QED) is 0.773. The van der Waals surface area contributed by atoms with Crippen molar-refractivity contribution >= 4 is 5.91 Å². The number of halogens is 1. The maximum atomic E-state index is 13.0. The van der Waals surface area contributed by atoms with Crippen molar-refractivity contribution in [2.75, 3.05) is 0 Å². The number of nitrogens with zero attached hydrogens (tertiary/aromatic N) is 2. The van der Waals surface area contributed by atoms with Crippen molar-refractivity contribution in [1.29, 1.82) is 0 Å². The molecule has 0 spiro atoms. The first-order chi connectivity index (χ1) is 12.0. The van der Waals surface area contributed by atoms with Crippen LogP contribution in [-0.4, -0.2) is 15.7 Å². The number of aromatic nitrogens is 2. The summed E-state index contributed by atoms with van der Waals surface area (Å²) in [6.45, 7) is 1.81. The third-order valence-corrected chi connectivity index (χ3v) is 3.73. The Bertz CT molecular complexity index is 917. The van der Waals surface area contributed by atoms with Gasteiger partial charge in [0, 0.05) is 11.6 Å². The summed E-state index contributed by atoms with van der Waals surface area (Å²) in [5, 5.41) is 6.93. The number of hydrogen-bond acceptors (Lipinski definition) is 4. The maximum absolute atomic E-state index is 13.0. The zero-order valence-electron chi connectivity index (χ0n) is 13.5. The van der Waals surface area contributed by atoms with Gasteiger partial charge < -0.3 is 9.73 Å². The lowest BCUT2D eigenvalue weighted by molar-refractivity contribution is -0.124. The van der Waals surface area contributed by atoms with E-state index in [0.717, 1.165) is 4.68 Å². The van der Waals surface area contributed by atoms with Crippen LogP contribution in [0.25, 0.3) is 11.3 Å². The highest BCUT2D eigenvalue weighted by molar-refractivity contribution is 5.79. The third-order valence-electron chi connectivity index (χ3n) is 3.73. The third kappa shape index (κ3) is 3.82. The average molecular weight is 341 g/mol. The van der Waals surface area contributed by atoms with Crippen LogP contribution >= 0.6 is 0 Å². The summed E-state index contributed by atoms with van der Waals surface area (Å²) in [6, 6.07) is 11.3. The lowest BCUT2D eigenvalue weighted by Crippen LogP contribution is -2.36. The van der Waals surface area contributed by atoms with E-state index in [1.165, 1.54) is 24.5 Å². The summed E-state index contributed by atoms with van der Waals surface area (Å²) >= 11 is 0. The first-order valence-corrected chi connectivity index (χ1v) is 7.70. The Labute approximate surface area is 142 Å². The van der Waals surface area contributed by atoms with Gasteiger partial charge in [0.15, 0.2) is 0 Å². The molecule has 6 nitrogen and oxygen atoms in total. The van der Waals surface area contributed by atoms with Crippen LogP contribution in [0, 0.1) is 5.82 Å². The number of nitrogens with one attached hydrogen (secondary N) is 1. The van der Waals surface area contributed by atoms with E-state index in [2.05, 4.69) is 10.4 Å². The van der Waals surface area contributed by atoms with Gasteiger partial charge >= 0.3 is 0 Å². The molecule has 0 bridgehead atoms. The molecule has 0 aliphatic heterocycles. The highest BCUT2D eigenvalue weighted by Crippen LogP contribution is 2.16. The van der Waals surface area contributed by atoms with E-state index >= 15 is 0 Å². The second-order valence-corrected chi connectivity index (χ2v) is 5.48. The standard InChI is InChI=1S/C18H16FN3O3/c1-12(18(24)20-11-15-3-2-10-25-15)22-17(23)9-8-16(21-22)13-4-6-14(19)7-5-13/h2-10,12H,11H2,1H3,(H,20,24). The van der Waals surface area contributed by atoms with Crippen LogP contribution in [-0.2, 0) is 11.3 Å². The van der Waals surface area contributed by atoms with Crippen LogP contribution in [0.5, 0.6) is 0 Å². The van der Waals surface area contributed by atoms with Crippen molar-refractivity contribution in [2.24, 2.45) is 0 Å². The first-order valence-electron chi connectivity index (χ1n) is 7.70. The van der Waals surface area contributed by atoms with Crippen molar-refractivity contribution in [3.63, 3.8) is 0 Å². The van der Waals surface area contributed by atoms with Gasteiger partial charge in [0.1, 0.15) is 17.6 Å². The van der Waals surface area contributed by atoms with Crippen LogP contribution in [0.3, 0.4) is 0 Å². The fraction of sp³-hybridized carbons (Fsp3) is 0.167. The number of benzene rings is 1. The Morgan fingerprint density at radius 2 is 2.00 bits per heavy atom. The molecule has 3 aromatic rings. The maximum Gasteiger partial charge on any atom is 0.267 e. The van der Waals surface area contributed by atoms with Crippen molar-refractivity contribution in [3.05, 3.63) is 76.7 Å². The molecule has 2 aromatic heterocycles. The van der Waals surface area contributed by atoms with Gasteiger partial charge in [-0.1, -0.05) is 0 Å². The van der Waals surface area contributed by atoms with Gasteiger partial charge in [0.2, 0.25) is 5.91 Å². The summed E-state index contributed by atoms with van der Waals surface area (Å²) in [4.78, 5) is 24.4. The highest BCUT2D eigenvalue weighted by Gasteiger charge is 2.18. The number of carbonyl (C=O) groups is 1. The number of hydrogen-bond donors (Lipinski definition) is 1. The smallest absolute Gasteiger partial charge is 0.267 e. The first kappa shape index (κ1) is 16.6. The minimum atomic E-state index is -0.803. The minimum absolute atomic E-state index is 0.225. The molecule has 0 saturated heterocycles. The zero-order chi connectivity index (χ0) is 17.8. The molecule has 7 heteroatoms. The van der Waals surface area contributed by atoms with Crippen LogP contribution in [0.1, 0.15) is 18.7 Å². The molecule has 0 aliphatic rings. The van der Waals surface area contributed by atoms with Gasteiger partial charge in [-0.15, -0.1) is 0 Å². The van der Waals surface area contributed by atoms with E-state index < -0.39 is 11.6 Å². The predicted molar refractivity (Wildman–Crippen MR) is 89.2 cm³/mol. The molecule has 0 radical (unpaired) electrons. The second kappa shape index (κ2) is 7.12. The molecule has 3 rings (SSSR count). The van der Waals surface area contributed by atoms with E-state index in [0.29, 0.717) is 17.0 Å². The fourth-order valence-electron chi connectivity index (χ4n) is 2.32. The molecular weight excluding hydrogens is 325 g/mol. The lowest BCUT2D eigenvalue weighted by atomic mass is 10.1.